The van der Waals surface area contributed by atoms with Crippen molar-refractivity contribution in [3.8, 4) is 5.75 Å². The highest BCUT2D eigenvalue weighted by molar-refractivity contribution is 14.1. The van der Waals surface area contributed by atoms with Gasteiger partial charge in [-0.2, -0.15) is 0 Å². The van der Waals surface area contributed by atoms with Gasteiger partial charge in [-0.15, -0.1) is 0 Å². The summed E-state index contributed by atoms with van der Waals surface area (Å²) in [4.78, 5) is 14.2. The lowest BCUT2D eigenvalue weighted by Crippen LogP contribution is -2.45. The number of carbonyl (C=O) groups is 1. The maximum absolute atomic E-state index is 12.5. The molecule has 0 spiro atoms. The average Bonchev–Trinajstić information content (AvgIpc) is 2.36. The van der Waals surface area contributed by atoms with E-state index in [1.807, 2.05) is 35.6 Å². The van der Waals surface area contributed by atoms with Crippen LogP contribution in [0.15, 0.2) is 12.1 Å². The molecule has 0 aromatic heterocycles. The number of phenolic OH excluding ortho intramolecular Hbond substituents is 1. The van der Waals surface area contributed by atoms with Crippen LogP contribution in [0.3, 0.4) is 0 Å². The zero-order valence-electron chi connectivity index (χ0n) is 10.4. The summed E-state index contributed by atoms with van der Waals surface area (Å²) >= 11 is 4.15. The molecule has 6 heteroatoms. The van der Waals surface area contributed by atoms with Crippen molar-refractivity contribution in [2.45, 2.75) is 19.4 Å². The summed E-state index contributed by atoms with van der Waals surface area (Å²) < 4.78 is 1.60. The van der Waals surface area contributed by atoms with Gasteiger partial charge in [0.1, 0.15) is 5.75 Å². The number of piperidine rings is 1. The summed E-state index contributed by atoms with van der Waals surface area (Å²) in [5.41, 5.74) is 0.347. The van der Waals surface area contributed by atoms with Crippen molar-refractivity contribution in [3.63, 3.8) is 0 Å². The van der Waals surface area contributed by atoms with Gasteiger partial charge in [-0.1, -0.05) is 6.92 Å². The number of phenols is 1. The third-order valence-electron chi connectivity index (χ3n) is 3.41. The smallest absolute Gasteiger partial charge is 0.257 e. The molecule has 104 valence electrons. The van der Waals surface area contributed by atoms with Gasteiger partial charge in [0.2, 0.25) is 0 Å². The second kappa shape index (κ2) is 6.13. The first-order chi connectivity index (χ1) is 8.90. The number of aliphatic hydroxyl groups is 1. The molecule has 1 aromatic rings. The molecule has 0 bridgehead atoms. The number of rotatable bonds is 1. The summed E-state index contributed by atoms with van der Waals surface area (Å²) in [7, 11) is 0. The minimum absolute atomic E-state index is 0.0461. The highest BCUT2D eigenvalue weighted by atomic mass is 127. The van der Waals surface area contributed by atoms with Gasteiger partial charge in [-0.05, 0) is 69.7 Å². The SMILES string of the molecule is CC1CN(C(=O)c2cc(I)cc(I)c2O)CCC1O. The van der Waals surface area contributed by atoms with Crippen LogP contribution in [-0.4, -0.2) is 40.2 Å². The quantitative estimate of drug-likeness (QED) is 0.599. The van der Waals surface area contributed by atoms with E-state index in [9.17, 15) is 15.0 Å². The second-order valence-electron chi connectivity index (χ2n) is 4.87. The molecule has 0 aliphatic carbocycles. The standard InChI is InChI=1S/C13H15I2NO3/c1-7-6-16(3-2-11(7)17)13(19)9-4-8(14)5-10(15)12(9)18/h4-5,7,11,17-18H,2-3,6H2,1H3. The summed E-state index contributed by atoms with van der Waals surface area (Å²) in [6, 6.07) is 3.53. The molecule has 1 heterocycles. The van der Waals surface area contributed by atoms with Gasteiger partial charge in [0, 0.05) is 16.7 Å². The van der Waals surface area contributed by atoms with Crippen LogP contribution in [0.4, 0.5) is 0 Å². The summed E-state index contributed by atoms with van der Waals surface area (Å²) in [5.74, 6) is -0.0424. The van der Waals surface area contributed by atoms with E-state index < -0.39 is 0 Å². The molecule has 4 nitrogen and oxygen atoms in total. The molecular weight excluding hydrogens is 472 g/mol. The normalized spacial score (nSPS) is 23.5. The number of benzene rings is 1. The number of aliphatic hydroxyl groups excluding tert-OH is 1. The lowest BCUT2D eigenvalue weighted by atomic mass is 9.96. The molecule has 1 aromatic carbocycles. The van der Waals surface area contributed by atoms with E-state index in [1.54, 1.807) is 11.0 Å². The van der Waals surface area contributed by atoms with Crippen molar-refractivity contribution in [3.05, 3.63) is 24.8 Å². The van der Waals surface area contributed by atoms with Gasteiger partial charge in [0.05, 0.1) is 15.2 Å². The van der Waals surface area contributed by atoms with Gasteiger partial charge in [-0.25, -0.2) is 0 Å². The Morgan fingerprint density at radius 3 is 2.74 bits per heavy atom. The van der Waals surface area contributed by atoms with Gasteiger partial charge < -0.3 is 15.1 Å². The molecule has 19 heavy (non-hydrogen) atoms. The molecule has 2 unspecified atom stereocenters. The second-order valence-corrected chi connectivity index (χ2v) is 7.28. The molecule has 1 fully saturated rings. The maximum Gasteiger partial charge on any atom is 0.257 e. The summed E-state index contributed by atoms with van der Waals surface area (Å²) in [6.07, 6.45) is 0.253. The fourth-order valence-electron chi connectivity index (χ4n) is 2.22. The monoisotopic (exact) mass is 487 g/mol. The van der Waals surface area contributed by atoms with Crippen LogP contribution in [0.25, 0.3) is 0 Å². The largest absolute Gasteiger partial charge is 0.506 e. The molecular formula is C13H15I2NO3. The molecule has 1 amide bonds. The third kappa shape index (κ3) is 3.33. The third-order valence-corrected chi connectivity index (χ3v) is 4.85. The Hall–Kier alpha value is -0.0900. The Balaban J connectivity index is 2.25. The Bertz CT molecular complexity index is 507. The highest BCUT2D eigenvalue weighted by Crippen LogP contribution is 2.29. The molecule has 2 rings (SSSR count). The molecule has 0 radical (unpaired) electrons. The minimum Gasteiger partial charge on any atom is -0.506 e. The van der Waals surface area contributed by atoms with E-state index in [1.165, 1.54) is 0 Å². The molecule has 1 aliphatic rings. The van der Waals surface area contributed by atoms with E-state index in [0.29, 0.717) is 28.6 Å². The Morgan fingerprint density at radius 1 is 1.42 bits per heavy atom. The van der Waals surface area contributed by atoms with E-state index in [2.05, 4.69) is 22.6 Å². The van der Waals surface area contributed by atoms with Crippen molar-refractivity contribution in [2.24, 2.45) is 5.92 Å². The average molecular weight is 487 g/mol. The van der Waals surface area contributed by atoms with Crippen molar-refractivity contribution in [1.82, 2.24) is 4.90 Å². The van der Waals surface area contributed by atoms with Crippen LogP contribution in [0.5, 0.6) is 5.75 Å². The highest BCUT2D eigenvalue weighted by Gasteiger charge is 2.29. The number of hydrogen-bond donors (Lipinski definition) is 2. The topological polar surface area (TPSA) is 60.8 Å². The van der Waals surface area contributed by atoms with Crippen molar-refractivity contribution < 1.29 is 15.0 Å². The van der Waals surface area contributed by atoms with Crippen molar-refractivity contribution in [1.29, 1.82) is 0 Å². The lowest BCUT2D eigenvalue weighted by molar-refractivity contribution is 0.0296. The van der Waals surface area contributed by atoms with E-state index in [0.717, 1.165) is 3.57 Å². The first kappa shape index (κ1) is 15.3. The molecule has 2 N–H and O–H groups in total. The van der Waals surface area contributed by atoms with Gasteiger partial charge in [0.15, 0.2) is 0 Å². The number of amides is 1. The number of nitrogens with zero attached hydrogens (tertiary/aromatic N) is 1. The zero-order chi connectivity index (χ0) is 14.2. The Labute approximate surface area is 139 Å². The zero-order valence-corrected chi connectivity index (χ0v) is 14.8. The first-order valence-electron chi connectivity index (χ1n) is 6.05. The first-order valence-corrected chi connectivity index (χ1v) is 8.21. The summed E-state index contributed by atoms with van der Waals surface area (Å²) in [5, 5.41) is 19.7. The minimum atomic E-state index is -0.339. The van der Waals surface area contributed by atoms with Crippen LogP contribution in [0.1, 0.15) is 23.7 Å². The van der Waals surface area contributed by atoms with Gasteiger partial charge in [-0.3, -0.25) is 4.79 Å². The molecule has 1 aliphatic heterocycles. The van der Waals surface area contributed by atoms with Crippen LogP contribution >= 0.6 is 45.2 Å². The van der Waals surface area contributed by atoms with Crippen molar-refractivity contribution in [2.75, 3.05) is 13.1 Å². The maximum atomic E-state index is 12.5. The Kier molecular flexibility index (Phi) is 4.93. The fraction of sp³-hybridized carbons (Fsp3) is 0.462. The number of hydrogen-bond acceptors (Lipinski definition) is 3. The van der Waals surface area contributed by atoms with Crippen LogP contribution in [-0.2, 0) is 0 Å². The van der Waals surface area contributed by atoms with E-state index >= 15 is 0 Å². The predicted molar refractivity (Wildman–Crippen MR) is 89.2 cm³/mol. The van der Waals surface area contributed by atoms with Crippen LogP contribution in [0.2, 0.25) is 0 Å². The molecule has 1 saturated heterocycles. The number of likely N-dealkylation sites (tertiary alicyclic amines) is 1. The Morgan fingerprint density at radius 2 is 2.11 bits per heavy atom. The molecule has 2 atom stereocenters. The van der Waals surface area contributed by atoms with Gasteiger partial charge >= 0.3 is 0 Å². The van der Waals surface area contributed by atoms with E-state index in [-0.39, 0.29) is 23.7 Å². The van der Waals surface area contributed by atoms with Crippen LogP contribution in [0, 0.1) is 13.1 Å². The van der Waals surface area contributed by atoms with Crippen LogP contribution < -0.4 is 0 Å². The van der Waals surface area contributed by atoms with Gasteiger partial charge in [0.25, 0.3) is 5.91 Å². The fourth-order valence-corrected chi connectivity index (χ4v) is 4.06. The predicted octanol–water partition coefficient (Wildman–Crippen LogP) is 2.44. The van der Waals surface area contributed by atoms with Crippen molar-refractivity contribution >= 4 is 51.1 Å². The number of aromatic hydroxyl groups is 1. The number of halogens is 2. The van der Waals surface area contributed by atoms with E-state index in [4.69, 9.17) is 0 Å². The lowest BCUT2D eigenvalue weighted by Gasteiger charge is -2.34. The molecule has 0 saturated carbocycles. The summed E-state index contributed by atoms with van der Waals surface area (Å²) in [6.45, 7) is 3.00. The number of carbonyl (C=O) groups excluding carboxylic acids is 1.